The van der Waals surface area contributed by atoms with E-state index >= 15 is 4.39 Å². The molecular weight excluding hydrogens is 484 g/mol. The van der Waals surface area contributed by atoms with E-state index in [0.29, 0.717) is 28.9 Å². The van der Waals surface area contributed by atoms with Crippen LogP contribution in [-0.2, 0) is 18.0 Å². The Kier molecular flexibility index (Phi) is 5.29. The highest BCUT2D eigenvalue weighted by atomic mass is 32.1. The zero-order valence-electron chi connectivity index (χ0n) is 20.0. The minimum Gasteiger partial charge on any atom is -0.389 e. The van der Waals surface area contributed by atoms with Crippen molar-refractivity contribution in [3.63, 3.8) is 0 Å². The van der Waals surface area contributed by atoms with E-state index in [2.05, 4.69) is 31.7 Å². The molecule has 1 saturated heterocycles. The van der Waals surface area contributed by atoms with Crippen molar-refractivity contribution in [2.24, 2.45) is 5.92 Å². The van der Waals surface area contributed by atoms with Crippen molar-refractivity contribution in [3.05, 3.63) is 40.7 Å². The van der Waals surface area contributed by atoms with E-state index in [9.17, 15) is 9.65 Å². The molecule has 0 bridgehead atoms. The third-order valence-electron chi connectivity index (χ3n) is 7.25. The summed E-state index contributed by atoms with van der Waals surface area (Å²) in [6.45, 7) is 4.11. The number of anilines is 2. The molecule has 1 fully saturated rings. The number of rotatable bonds is 3. The van der Waals surface area contributed by atoms with Gasteiger partial charge in [0.25, 0.3) is 0 Å². The van der Waals surface area contributed by atoms with Gasteiger partial charge in [-0.15, -0.1) is 11.3 Å². The predicted molar refractivity (Wildman–Crippen MR) is 135 cm³/mol. The molecule has 0 spiro atoms. The third-order valence-corrected chi connectivity index (χ3v) is 8.28. The lowest BCUT2D eigenvalue weighted by Crippen LogP contribution is -2.34. The predicted octanol–water partition coefficient (Wildman–Crippen LogP) is 4.06. The topological polar surface area (TPSA) is 104 Å². The second-order valence-electron chi connectivity index (χ2n) is 9.60. The van der Waals surface area contributed by atoms with Gasteiger partial charge in [-0.2, -0.15) is 5.26 Å². The molecule has 0 radical (unpaired) electrons. The first-order valence-electron chi connectivity index (χ1n) is 11.6. The van der Waals surface area contributed by atoms with Crippen LogP contribution in [0.25, 0.3) is 32.2 Å². The molecular formula is C25H23F2N7OS. The molecule has 2 atom stereocenters. The van der Waals surface area contributed by atoms with Gasteiger partial charge in [0.05, 0.1) is 35.4 Å². The first-order valence-corrected chi connectivity index (χ1v) is 12.4. The van der Waals surface area contributed by atoms with Crippen LogP contribution in [0.4, 0.5) is 19.7 Å². The van der Waals surface area contributed by atoms with E-state index in [1.165, 1.54) is 0 Å². The van der Waals surface area contributed by atoms with Crippen LogP contribution in [0.3, 0.4) is 0 Å². The van der Waals surface area contributed by atoms with Gasteiger partial charge in [0.2, 0.25) is 5.95 Å². The molecule has 2 aliphatic heterocycles. The quantitative estimate of drug-likeness (QED) is 0.443. The fourth-order valence-electron chi connectivity index (χ4n) is 5.48. The number of nitrogen functional groups attached to an aromatic ring is 1. The van der Waals surface area contributed by atoms with Crippen molar-refractivity contribution in [1.29, 1.82) is 5.26 Å². The standard InChI is InChI=1S/C25H23F2N7OS/c1-11-7-34(8-17(11)33(2)3)25-31-5-13-14-9-35-10-15(14)18(20(27)21(13)32-25)22-19-12(4-28)24(29)36-23(19)16(26)6-30-22/h5-6,11,17H,7-10,29H2,1-3H3/t11-,17+/m0/s1. The summed E-state index contributed by atoms with van der Waals surface area (Å²) >= 11 is 0.954. The Labute approximate surface area is 209 Å². The molecule has 8 nitrogen and oxygen atoms in total. The second kappa shape index (κ2) is 8.30. The van der Waals surface area contributed by atoms with Gasteiger partial charge in [0, 0.05) is 41.7 Å². The zero-order chi connectivity index (χ0) is 25.3. The number of nitrogens with zero attached hydrogens (tertiary/aromatic N) is 6. The van der Waals surface area contributed by atoms with Gasteiger partial charge in [-0.3, -0.25) is 4.98 Å². The van der Waals surface area contributed by atoms with E-state index < -0.39 is 11.6 Å². The van der Waals surface area contributed by atoms with Crippen LogP contribution in [0.2, 0.25) is 0 Å². The fraction of sp³-hybridized carbons (Fsp3) is 0.360. The Hall–Kier alpha value is -3.46. The normalized spacial score (nSPS) is 19.5. The summed E-state index contributed by atoms with van der Waals surface area (Å²) in [7, 11) is 4.09. The summed E-state index contributed by atoms with van der Waals surface area (Å²) in [5.74, 6) is -0.344. The molecule has 0 unspecified atom stereocenters. The smallest absolute Gasteiger partial charge is 0.226 e. The molecule has 0 saturated carbocycles. The highest BCUT2D eigenvalue weighted by Crippen LogP contribution is 2.45. The van der Waals surface area contributed by atoms with Crippen molar-refractivity contribution in [3.8, 4) is 17.3 Å². The van der Waals surface area contributed by atoms with E-state index in [0.717, 1.165) is 36.2 Å². The number of nitriles is 1. The molecule has 1 aromatic carbocycles. The van der Waals surface area contributed by atoms with E-state index in [-0.39, 0.29) is 50.6 Å². The van der Waals surface area contributed by atoms with Gasteiger partial charge in [0.1, 0.15) is 16.6 Å². The number of ether oxygens (including phenoxy) is 1. The number of benzene rings is 1. The van der Waals surface area contributed by atoms with Crippen LogP contribution in [-0.4, -0.2) is 53.1 Å². The van der Waals surface area contributed by atoms with Crippen molar-refractivity contribution in [2.45, 2.75) is 26.2 Å². The van der Waals surface area contributed by atoms with Gasteiger partial charge < -0.3 is 20.3 Å². The molecule has 0 amide bonds. The molecule has 36 heavy (non-hydrogen) atoms. The van der Waals surface area contributed by atoms with Crippen LogP contribution in [0.1, 0.15) is 23.6 Å². The maximum Gasteiger partial charge on any atom is 0.226 e. The summed E-state index contributed by atoms with van der Waals surface area (Å²) in [6, 6.07) is 2.37. The SMILES string of the molecule is C[C@H]1CN(c2ncc3c4c(c(-c5ncc(F)c6sc(N)c(C#N)c56)c(F)c3n2)COC4)C[C@H]1N(C)C. The third kappa shape index (κ3) is 3.25. The molecule has 0 aliphatic carbocycles. The highest BCUT2D eigenvalue weighted by molar-refractivity contribution is 7.23. The molecule has 5 heterocycles. The Morgan fingerprint density at radius 2 is 1.97 bits per heavy atom. The van der Waals surface area contributed by atoms with Crippen molar-refractivity contribution in [1.82, 2.24) is 19.9 Å². The number of hydrogen-bond donors (Lipinski definition) is 1. The van der Waals surface area contributed by atoms with Gasteiger partial charge in [-0.05, 0) is 31.1 Å². The lowest BCUT2D eigenvalue weighted by Gasteiger charge is -2.22. The van der Waals surface area contributed by atoms with Gasteiger partial charge in [-0.25, -0.2) is 18.7 Å². The van der Waals surface area contributed by atoms with Crippen molar-refractivity contribution < 1.29 is 13.5 Å². The Balaban J connectivity index is 1.59. The van der Waals surface area contributed by atoms with Gasteiger partial charge in [-0.1, -0.05) is 6.92 Å². The molecule has 6 rings (SSSR count). The number of aromatic nitrogens is 3. The molecule has 184 valence electrons. The number of nitrogens with two attached hydrogens (primary N) is 1. The molecule has 4 aromatic rings. The van der Waals surface area contributed by atoms with Crippen LogP contribution < -0.4 is 10.6 Å². The Bertz CT molecular complexity index is 1600. The maximum absolute atomic E-state index is 16.4. The molecule has 11 heteroatoms. The Morgan fingerprint density at radius 3 is 2.69 bits per heavy atom. The average molecular weight is 508 g/mol. The zero-order valence-corrected chi connectivity index (χ0v) is 20.8. The highest BCUT2D eigenvalue weighted by Gasteiger charge is 2.34. The van der Waals surface area contributed by atoms with Crippen molar-refractivity contribution in [2.75, 3.05) is 37.8 Å². The first-order chi connectivity index (χ1) is 17.3. The number of pyridine rings is 1. The minimum atomic E-state index is -0.607. The summed E-state index contributed by atoms with van der Waals surface area (Å²) < 4.78 is 36.9. The minimum absolute atomic E-state index is 0.0910. The van der Waals surface area contributed by atoms with Crippen LogP contribution >= 0.6 is 11.3 Å². The Morgan fingerprint density at radius 1 is 1.19 bits per heavy atom. The summed E-state index contributed by atoms with van der Waals surface area (Å²) in [4.78, 5) is 17.8. The van der Waals surface area contributed by atoms with Crippen LogP contribution in [0.5, 0.6) is 0 Å². The summed E-state index contributed by atoms with van der Waals surface area (Å²) in [5.41, 5.74) is 7.96. The lowest BCUT2D eigenvalue weighted by atomic mass is 9.94. The fourth-order valence-corrected chi connectivity index (χ4v) is 6.40. The number of likely N-dealkylation sites (N-methyl/N-ethyl adjacent to an activating group) is 1. The lowest BCUT2D eigenvalue weighted by molar-refractivity contribution is 0.135. The molecule has 2 N–H and O–H groups in total. The van der Waals surface area contributed by atoms with E-state index in [1.54, 1.807) is 6.20 Å². The monoisotopic (exact) mass is 507 g/mol. The molecule has 3 aromatic heterocycles. The number of hydrogen-bond acceptors (Lipinski definition) is 9. The average Bonchev–Trinajstić information content (AvgIpc) is 3.57. The van der Waals surface area contributed by atoms with Gasteiger partial charge >= 0.3 is 0 Å². The van der Waals surface area contributed by atoms with Crippen molar-refractivity contribution >= 4 is 43.3 Å². The number of thiophene rings is 1. The van der Waals surface area contributed by atoms with Crippen LogP contribution in [0, 0.1) is 28.9 Å². The maximum atomic E-state index is 16.4. The number of fused-ring (bicyclic) bond motifs is 4. The first kappa shape index (κ1) is 23.0. The van der Waals surface area contributed by atoms with E-state index in [4.69, 9.17) is 10.5 Å². The number of halogens is 2. The van der Waals surface area contributed by atoms with Crippen LogP contribution in [0.15, 0.2) is 12.4 Å². The van der Waals surface area contributed by atoms with Gasteiger partial charge in [0.15, 0.2) is 11.6 Å². The summed E-state index contributed by atoms with van der Waals surface area (Å²) in [6.07, 6.45) is 2.70. The summed E-state index contributed by atoms with van der Waals surface area (Å²) in [5, 5.41) is 10.7. The largest absolute Gasteiger partial charge is 0.389 e. The molecule has 2 aliphatic rings. The van der Waals surface area contributed by atoms with E-state index in [1.807, 2.05) is 20.2 Å². The second-order valence-corrected chi connectivity index (χ2v) is 10.6.